The molecule has 1 aliphatic heterocycles. The molecule has 1 aliphatic rings. The van der Waals surface area contributed by atoms with Gasteiger partial charge in [0.05, 0.1) is 24.4 Å². The Morgan fingerprint density at radius 1 is 1.20 bits per heavy atom. The van der Waals surface area contributed by atoms with Crippen LogP contribution in [0.15, 0.2) is 42.3 Å². The number of alkyl halides is 3. The summed E-state index contributed by atoms with van der Waals surface area (Å²) >= 11 is 0. The summed E-state index contributed by atoms with van der Waals surface area (Å²) in [6.45, 7) is -1.38. The van der Waals surface area contributed by atoms with Crippen molar-refractivity contribution in [2.45, 2.75) is 43.2 Å². The number of carboxylic acid groups (broad SMARTS) is 1. The third-order valence-electron chi connectivity index (χ3n) is 5.12. The molecule has 0 fully saturated rings. The number of amides is 1. The number of nitrogens with one attached hydrogen (secondary N) is 1. The first-order chi connectivity index (χ1) is 16.4. The summed E-state index contributed by atoms with van der Waals surface area (Å²) in [6.07, 6.45) is -9.32. The third kappa shape index (κ3) is 6.13. The summed E-state index contributed by atoms with van der Waals surface area (Å²) in [7, 11) is 0. The number of carboxylic acids is 1. The van der Waals surface area contributed by atoms with E-state index in [1.54, 1.807) is 0 Å². The number of carbonyl (C=O) groups is 2. The van der Waals surface area contributed by atoms with E-state index in [0.29, 0.717) is 5.56 Å². The quantitative estimate of drug-likeness (QED) is 0.258. The minimum Gasteiger partial charge on any atom is -0.478 e. The van der Waals surface area contributed by atoms with E-state index in [0.717, 1.165) is 22.9 Å². The van der Waals surface area contributed by atoms with Gasteiger partial charge in [0.1, 0.15) is 30.6 Å². The van der Waals surface area contributed by atoms with Gasteiger partial charge in [0.15, 0.2) is 6.10 Å². The van der Waals surface area contributed by atoms with Crippen LogP contribution in [0.3, 0.4) is 0 Å². The van der Waals surface area contributed by atoms with Crippen LogP contribution >= 0.6 is 0 Å². The zero-order valence-corrected chi connectivity index (χ0v) is 17.7. The SMILES string of the molecule is O=C(Cn1cc(-c2ccc(C(F)(F)F)cc2)nn1)N[C@@H]1C(O)C=C(C(=O)O)OC1C(O)C(O)CO. The fraction of sp³-hybridized carbons (Fsp3) is 0.400. The standard InChI is InChI=1S/C20H21F3N4O8/c21-20(22,23)10-3-1-9(2-4-10)11-6-27(26-25-11)7-15(31)24-16-12(29)5-14(19(33)34)35-18(16)17(32)13(30)8-28/h1-6,12-13,16-18,28-30,32H,7-8H2,(H,24,31)(H,33,34)/t12?,13?,16-,17?,18?/m1/s1. The number of hydrogen-bond acceptors (Lipinski definition) is 9. The molecule has 0 aliphatic carbocycles. The number of benzene rings is 1. The van der Waals surface area contributed by atoms with E-state index in [-0.39, 0.29) is 5.69 Å². The molecular formula is C20H21F3N4O8. The molecule has 1 aromatic heterocycles. The molecule has 190 valence electrons. The molecule has 0 spiro atoms. The van der Waals surface area contributed by atoms with Gasteiger partial charge >= 0.3 is 12.1 Å². The smallest absolute Gasteiger partial charge is 0.416 e. The Kier molecular flexibility index (Phi) is 7.74. The first kappa shape index (κ1) is 26.1. The topological polar surface area (TPSA) is 187 Å². The van der Waals surface area contributed by atoms with Crippen LogP contribution in [0.5, 0.6) is 0 Å². The molecule has 0 radical (unpaired) electrons. The summed E-state index contributed by atoms with van der Waals surface area (Å²) in [4.78, 5) is 23.7. The van der Waals surface area contributed by atoms with Gasteiger partial charge in [0.2, 0.25) is 11.7 Å². The molecular weight excluding hydrogens is 481 g/mol. The van der Waals surface area contributed by atoms with Crippen molar-refractivity contribution in [2.75, 3.05) is 6.61 Å². The molecule has 35 heavy (non-hydrogen) atoms. The highest BCUT2D eigenvalue weighted by Crippen LogP contribution is 2.30. The number of ether oxygens (including phenoxy) is 1. The van der Waals surface area contributed by atoms with Crippen molar-refractivity contribution < 1.29 is 53.0 Å². The Morgan fingerprint density at radius 3 is 2.43 bits per heavy atom. The maximum atomic E-state index is 12.7. The van der Waals surface area contributed by atoms with Gasteiger partial charge in [0, 0.05) is 5.56 Å². The van der Waals surface area contributed by atoms with Crippen molar-refractivity contribution in [3.05, 3.63) is 47.9 Å². The molecule has 4 unspecified atom stereocenters. The highest BCUT2D eigenvalue weighted by molar-refractivity contribution is 5.84. The van der Waals surface area contributed by atoms with Gasteiger partial charge in [0.25, 0.3) is 0 Å². The fourth-order valence-electron chi connectivity index (χ4n) is 3.33. The average molecular weight is 502 g/mol. The monoisotopic (exact) mass is 502 g/mol. The van der Waals surface area contributed by atoms with Crippen LogP contribution in [0.1, 0.15) is 5.56 Å². The Balaban J connectivity index is 1.72. The Labute approximate surface area is 194 Å². The van der Waals surface area contributed by atoms with Crippen molar-refractivity contribution in [1.29, 1.82) is 0 Å². The molecule has 6 N–H and O–H groups in total. The predicted molar refractivity (Wildman–Crippen MR) is 108 cm³/mol. The van der Waals surface area contributed by atoms with E-state index in [1.165, 1.54) is 18.3 Å². The van der Waals surface area contributed by atoms with E-state index in [2.05, 4.69) is 15.6 Å². The van der Waals surface area contributed by atoms with Gasteiger partial charge in [-0.25, -0.2) is 9.48 Å². The van der Waals surface area contributed by atoms with Crippen LogP contribution in [0, 0.1) is 0 Å². The van der Waals surface area contributed by atoms with Gasteiger partial charge in [-0.1, -0.05) is 17.3 Å². The molecule has 2 heterocycles. The maximum absolute atomic E-state index is 12.7. The fourth-order valence-corrected chi connectivity index (χ4v) is 3.33. The van der Waals surface area contributed by atoms with Crippen molar-refractivity contribution in [3.8, 4) is 11.3 Å². The van der Waals surface area contributed by atoms with Crippen LogP contribution in [0.2, 0.25) is 0 Å². The van der Waals surface area contributed by atoms with Gasteiger partial charge in [-0.05, 0) is 18.2 Å². The van der Waals surface area contributed by atoms with Crippen LogP contribution in [-0.2, 0) is 27.0 Å². The van der Waals surface area contributed by atoms with Crippen molar-refractivity contribution >= 4 is 11.9 Å². The predicted octanol–water partition coefficient (Wildman–Crippen LogP) is -1.11. The molecule has 0 saturated heterocycles. The first-order valence-electron chi connectivity index (χ1n) is 10.0. The second-order valence-corrected chi connectivity index (χ2v) is 7.62. The summed E-state index contributed by atoms with van der Waals surface area (Å²) in [5.74, 6) is -3.08. The summed E-state index contributed by atoms with van der Waals surface area (Å²) in [5, 5.41) is 58.3. The van der Waals surface area contributed by atoms with Crippen molar-refractivity contribution in [2.24, 2.45) is 0 Å². The molecule has 3 rings (SSSR count). The molecule has 2 aromatic rings. The highest BCUT2D eigenvalue weighted by Gasteiger charge is 2.43. The van der Waals surface area contributed by atoms with Gasteiger partial charge in [-0.3, -0.25) is 4.79 Å². The number of aliphatic hydroxyl groups is 4. The van der Waals surface area contributed by atoms with Crippen LogP contribution in [0.4, 0.5) is 13.2 Å². The number of halogens is 3. The summed E-state index contributed by atoms with van der Waals surface area (Å²) in [5.41, 5.74) is -0.348. The largest absolute Gasteiger partial charge is 0.478 e. The lowest BCUT2D eigenvalue weighted by molar-refractivity contribution is -0.149. The molecule has 5 atom stereocenters. The van der Waals surface area contributed by atoms with Crippen molar-refractivity contribution in [3.63, 3.8) is 0 Å². The number of nitrogens with zero attached hydrogens (tertiary/aromatic N) is 3. The van der Waals surface area contributed by atoms with Crippen LogP contribution in [0.25, 0.3) is 11.3 Å². The lowest BCUT2D eigenvalue weighted by Gasteiger charge is -2.38. The molecule has 12 nitrogen and oxygen atoms in total. The molecule has 0 bridgehead atoms. The molecule has 1 aromatic carbocycles. The second kappa shape index (κ2) is 10.4. The number of aromatic nitrogens is 3. The van der Waals surface area contributed by atoms with E-state index in [9.17, 15) is 38.1 Å². The maximum Gasteiger partial charge on any atom is 0.416 e. The van der Waals surface area contributed by atoms with Gasteiger partial charge < -0.3 is 35.6 Å². The summed E-state index contributed by atoms with van der Waals surface area (Å²) in [6, 6.07) is 2.71. The van der Waals surface area contributed by atoms with E-state index < -0.39 is 73.0 Å². The Bertz CT molecular complexity index is 1090. The molecule has 15 heteroatoms. The zero-order chi connectivity index (χ0) is 25.9. The van der Waals surface area contributed by atoms with E-state index in [1.807, 2.05) is 0 Å². The van der Waals surface area contributed by atoms with Gasteiger partial charge in [-0.2, -0.15) is 13.2 Å². The number of aliphatic hydroxyl groups excluding tert-OH is 4. The lowest BCUT2D eigenvalue weighted by Crippen LogP contribution is -2.60. The number of rotatable bonds is 8. The first-order valence-corrected chi connectivity index (χ1v) is 10.0. The lowest BCUT2D eigenvalue weighted by atomic mass is 9.94. The highest BCUT2D eigenvalue weighted by atomic mass is 19.4. The van der Waals surface area contributed by atoms with E-state index in [4.69, 9.17) is 14.9 Å². The second-order valence-electron chi connectivity index (χ2n) is 7.62. The van der Waals surface area contributed by atoms with Crippen LogP contribution < -0.4 is 5.32 Å². The molecule has 1 amide bonds. The Hall–Kier alpha value is -3.53. The number of hydrogen-bond donors (Lipinski definition) is 6. The summed E-state index contributed by atoms with van der Waals surface area (Å²) < 4.78 is 44.3. The number of aliphatic carboxylic acids is 1. The van der Waals surface area contributed by atoms with Gasteiger partial charge in [-0.15, -0.1) is 5.10 Å². The third-order valence-corrected chi connectivity index (χ3v) is 5.12. The minimum absolute atomic E-state index is 0.181. The molecule has 0 saturated carbocycles. The Morgan fingerprint density at radius 2 is 1.86 bits per heavy atom. The van der Waals surface area contributed by atoms with Crippen LogP contribution in [-0.4, -0.2) is 89.5 Å². The van der Waals surface area contributed by atoms with E-state index >= 15 is 0 Å². The van der Waals surface area contributed by atoms with Crippen molar-refractivity contribution in [1.82, 2.24) is 20.3 Å². The normalized spacial score (nSPS) is 22.0. The average Bonchev–Trinajstić information content (AvgIpc) is 3.26. The zero-order valence-electron chi connectivity index (χ0n) is 17.7. The number of carbonyl (C=O) groups excluding carboxylic acids is 1. The minimum atomic E-state index is -4.50.